The fourth-order valence-corrected chi connectivity index (χ4v) is 3.68. The van der Waals surface area contributed by atoms with E-state index in [1.807, 2.05) is 13.8 Å². The highest BCUT2D eigenvalue weighted by Gasteiger charge is 2.33. The topological polar surface area (TPSA) is 57.8 Å². The molecule has 0 fully saturated rings. The highest BCUT2D eigenvalue weighted by Crippen LogP contribution is 2.45. The normalized spacial score (nSPS) is 22.1. The lowest BCUT2D eigenvalue weighted by molar-refractivity contribution is -0.115. The van der Waals surface area contributed by atoms with Crippen LogP contribution in [-0.2, 0) is 4.79 Å². The van der Waals surface area contributed by atoms with E-state index in [9.17, 15) is 9.18 Å². The molecule has 0 radical (unpaired) electrons. The van der Waals surface area contributed by atoms with Gasteiger partial charge >= 0.3 is 0 Å². The zero-order valence-electron chi connectivity index (χ0n) is 11.1. The van der Waals surface area contributed by atoms with E-state index in [1.165, 1.54) is 17.8 Å². The number of aryl methyl sites for hydroxylation is 1. The summed E-state index contributed by atoms with van der Waals surface area (Å²) in [6, 6.07) is 6.66. The van der Waals surface area contributed by atoms with Gasteiger partial charge in [0.05, 0.1) is 10.5 Å². The van der Waals surface area contributed by atoms with E-state index in [4.69, 9.17) is 0 Å². The molecule has 2 N–H and O–H groups in total. The standard InChI is InChI=1S/C14H14FN3OS/c1-7-11-12(9-5-3-4-6-10(9)15)20-8(2)14(19)16-13(11)18-17-7/h3-6,8,12H,1-2H3,(H2,16,17,18,19). The van der Waals surface area contributed by atoms with E-state index in [1.54, 1.807) is 18.2 Å². The molecule has 1 aromatic carbocycles. The number of aromatic nitrogens is 2. The second-order valence-corrected chi connectivity index (χ2v) is 6.23. The summed E-state index contributed by atoms with van der Waals surface area (Å²) in [6.45, 7) is 3.70. The number of carbonyl (C=O) groups is 1. The summed E-state index contributed by atoms with van der Waals surface area (Å²) in [5.41, 5.74) is 2.26. The summed E-state index contributed by atoms with van der Waals surface area (Å²) in [5, 5.41) is 9.24. The van der Waals surface area contributed by atoms with Crippen LogP contribution >= 0.6 is 11.8 Å². The number of amides is 1. The van der Waals surface area contributed by atoms with E-state index in [0.717, 1.165) is 11.3 Å². The third kappa shape index (κ3) is 2.10. The van der Waals surface area contributed by atoms with Crippen LogP contribution in [0.1, 0.15) is 29.0 Å². The molecule has 2 atom stereocenters. The molecule has 2 heterocycles. The van der Waals surface area contributed by atoms with Crippen molar-refractivity contribution in [2.24, 2.45) is 0 Å². The largest absolute Gasteiger partial charge is 0.308 e. The molecular formula is C14H14FN3OS. The third-order valence-electron chi connectivity index (χ3n) is 3.40. The Balaban J connectivity index is 2.16. The van der Waals surface area contributed by atoms with Crippen molar-refractivity contribution >= 4 is 23.5 Å². The number of anilines is 1. The van der Waals surface area contributed by atoms with Crippen molar-refractivity contribution in [2.75, 3.05) is 5.32 Å². The number of H-pyrrole nitrogens is 1. The summed E-state index contributed by atoms with van der Waals surface area (Å²) >= 11 is 1.43. The van der Waals surface area contributed by atoms with Crippen molar-refractivity contribution in [1.82, 2.24) is 10.2 Å². The first-order valence-corrected chi connectivity index (χ1v) is 7.28. The van der Waals surface area contributed by atoms with Crippen LogP contribution in [0.25, 0.3) is 0 Å². The average molecular weight is 291 g/mol. The first-order chi connectivity index (χ1) is 9.58. The molecule has 0 saturated carbocycles. The van der Waals surface area contributed by atoms with Crippen molar-refractivity contribution in [1.29, 1.82) is 0 Å². The van der Waals surface area contributed by atoms with Crippen LogP contribution in [0.2, 0.25) is 0 Å². The number of fused-ring (bicyclic) bond motifs is 1. The maximum atomic E-state index is 14.1. The number of benzene rings is 1. The Kier molecular flexibility index (Phi) is 3.25. The van der Waals surface area contributed by atoms with Crippen LogP contribution in [0.15, 0.2) is 24.3 Å². The number of rotatable bonds is 1. The van der Waals surface area contributed by atoms with Gasteiger partial charge in [0.15, 0.2) is 5.82 Å². The molecule has 1 aliphatic rings. The lowest BCUT2D eigenvalue weighted by Crippen LogP contribution is -2.21. The molecule has 2 unspecified atom stereocenters. The van der Waals surface area contributed by atoms with Crippen LogP contribution in [0.4, 0.5) is 10.2 Å². The molecule has 1 aliphatic heterocycles. The quantitative estimate of drug-likeness (QED) is 0.849. The first kappa shape index (κ1) is 13.2. The average Bonchev–Trinajstić information content (AvgIpc) is 2.71. The van der Waals surface area contributed by atoms with Crippen molar-refractivity contribution in [3.63, 3.8) is 0 Å². The van der Waals surface area contributed by atoms with Gasteiger partial charge in [-0.15, -0.1) is 11.8 Å². The number of carbonyl (C=O) groups excluding carboxylic acids is 1. The van der Waals surface area contributed by atoms with E-state index < -0.39 is 0 Å². The van der Waals surface area contributed by atoms with Crippen molar-refractivity contribution < 1.29 is 9.18 Å². The zero-order chi connectivity index (χ0) is 14.3. The smallest absolute Gasteiger partial charge is 0.238 e. The molecule has 3 rings (SSSR count). The fourth-order valence-electron chi connectivity index (χ4n) is 2.32. The number of nitrogens with zero attached hydrogens (tertiary/aromatic N) is 1. The first-order valence-electron chi connectivity index (χ1n) is 6.33. The Morgan fingerprint density at radius 1 is 1.35 bits per heavy atom. The molecule has 0 saturated heterocycles. The van der Waals surface area contributed by atoms with E-state index >= 15 is 0 Å². The maximum absolute atomic E-state index is 14.1. The molecule has 0 aliphatic carbocycles. The van der Waals surface area contributed by atoms with Crippen molar-refractivity contribution in [3.8, 4) is 0 Å². The summed E-state index contributed by atoms with van der Waals surface area (Å²) < 4.78 is 14.1. The predicted molar refractivity (Wildman–Crippen MR) is 77.3 cm³/mol. The van der Waals surface area contributed by atoms with Crippen LogP contribution in [0.5, 0.6) is 0 Å². The molecule has 6 heteroatoms. The minimum atomic E-state index is -0.270. The lowest BCUT2D eigenvalue weighted by atomic mass is 10.0. The second kappa shape index (κ2) is 4.94. The van der Waals surface area contributed by atoms with Gasteiger partial charge in [-0.25, -0.2) is 4.39 Å². The Morgan fingerprint density at radius 2 is 2.10 bits per heavy atom. The van der Waals surface area contributed by atoms with Gasteiger partial charge in [-0.05, 0) is 19.9 Å². The van der Waals surface area contributed by atoms with Gasteiger partial charge in [-0.3, -0.25) is 9.89 Å². The molecule has 1 aromatic heterocycles. The number of nitrogens with one attached hydrogen (secondary N) is 2. The Labute approximate surface area is 120 Å². The molecule has 0 spiro atoms. The van der Waals surface area contributed by atoms with Crippen LogP contribution < -0.4 is 5.32 Å². The van der Waals surface area contributed by atoms with Crippen molar-refractivity contribution in [2.45, 2.75) is 24.3 Å². The van der Waals surface area contributed by atoms with Gasteiger partial charge in [-0.1, -0.05) is 18.2 Å². The van der Waals surface area contributed by atoms with E-state index in [0.29, 0.717) is 11.4 Å². The highest BCUT2D eigenvalue weighted by molar-refractivity contribution is 8.01. The summed E-state index contributed by atoms with van der Waals surface area (Å²) in [7, 11) is 0. The summed E-state index contributed by atoms with van der Waals surface area (Å²) in [6.07, 6.45) is 0. The molecule has 4 nitrogen and oxygen atoms in total. The van der Waals surface area contributed by atoms with Gasteiger partial charge < -0.3 is 5.32 Å². The van der Waals surface area contributed by atoms with Gasteiger partial charge in [0.25, 0.3) is 0 Å². The summed E-state index contributed by atoms with van der Waals surface area (Å²) in [5.74, 6) is 0.122. The van der Waals surface area contributed by atoms with Crippen molar-refractivity contribution in [3.05, 3.63) is 46.9 Å². The third-order valence-corrected chi connectivity index (χ3v) is 4.78. The number of aromatic amines is 1. The molecular weight excluding hydrogens is 277 g/mol. The number of hydrogen-bond acceptors (Lipinski definition) is 3. The van der Waals surface area contributed by atoms with E-state index in [-0.39, 0.29) is 22.2 Å². The van der Waals surface area contributed by atoms with Crippen LogP contribution in [0.3, 0.4) is 0 Å². The van der Waals surface area contributed by atoms with Gasteiger partial charge in [0.1, 0.15) is 5.82 Å². The fraction of sp³-hybridized carbons (Fsp3) is 0.286. The minimum Gasteiger partial charge on any atom is -0.308 e. The Hall–Kier alpha value is -1.82. The SMILES string of the molecule is Cc1[nH]nc2c1C(c1ccccc1F)SC(C)C(=O)N2. The Morgan fingerprint density at radius 3 is 2.85 bits per heavy atom. The maximum Gasteiger partial charge on any atom is 0.238 e. The van der Waals surface area contributed by atoms with Gasteiger partial charge in [0.2, 0.25) is 5.91 Å². The second-order valence-electron chi connectivity index (χ2n) is 4.78. The molecule has 2 aromatic rings. The number of hydrogen-bond donors (Lipinski definition) is 2. The predicted octanol–water partition coefficient (Wildman–Crippen LogP) is 3.02. The zero-order valence-corrected chi connectivity index (χ0v) is 11.9. The van der Waals surface area contributed by atoms with Gasteiger partial charge in [0, 0.05) is 16.8 Å². The Bertz CT molecular complexity index is 670. The molecule has 0 bridgehead atoms. The molecule has 20 heavy (non-hydrogen) atoms. The van der Waals surface area contributed by atoms with E-state index in [2.05, 4.69) is 15.5 Å². The number of halogens is 1. The molecule has 1 amide bonds. The monoisotopic (exact) mass is 291 g/mol. The lowest BCUT2D eigenvalue weighted by Gasteiger charge is -2.18. The highest BCUT2D eigenvalue weighted by atomic mass is 32.2. The molecule has 104 valence electrons. The minimum absolute atomic E-state index is 0.110. The number of thioether (sulfide) groups is 1. The summed E-state index contributed by atoms with van der Waals surface area (Å²) in [4.78, 5) is 12.0. The van der Waals surface area contributed by atoms with Crippen LogP contribution in [0, 0.1) is 12.7 Å². The van der Waals surface area contributed by atoms with Crippen LogP contribution in [-0.4, -0.2) is 21.4 Å². The van der Waals surface area contributed by atoms with Gasteiger partial charge in [-0.2, -0.15) is 5.10 Å².